The SMILES string of the molecule is CCCCCCCCCCCCNC(=O)c1ccccc1F. The summed E-state index contributed by atoms with van der Waals surface area (Å²) in [5, 5.41) is 2.79. The zero-order chi connectivity index (χ0) is 16.0. The van der Waals surface area contributed by atoms with Crippen molar-refractivity contribution in [3.8, 4) is 0 Å². The molecule has 0 aliphatic rings. The van der Waals surface area contributed by atoms with Gasteiger partial charge in [-0.25, -0.2) is 4.39 Å². The highest BCUT2D eigenvalue weighted by molar-refractivity contribution is 5.94. The van der Waals surface area contributed by atoms with Gasteiger partial charge < -0.3 is 5.32 Å². The molecule has 3 heteroatoms. The van der Waals surface area contributed by atoms with Gasteiger partial charge in [0.25, 0.3) is 5.91 Å². The van der Waals surface area contributed by atoms with Gasteiger partial charge in [-0.3, -0.25) is 4.79 Å². The fraction of sp³-hybridized carbons (Fsp3) is 0.632. The number of nitrogens with one attached hydrogen (secondary N) is 1. The summed E-state index contributed by atoms with van der Waals surface area (Å²) in [5.74, 6) is -0.767. The van der Waals surface area contributed by atoms with Gasteiger partial charge in [0.15, 0.2) is 0 Å². The smallest absolute Gasteiger partial charge is 0.254 e. The molecule has 124 valence electrons. The summed E-state index contributed by atoms with van der Waals surface area (Å²) in [6, 6.07) is 6.10. The Balaban J connectivity index is 1.95. The average molecular weight is 307 g/mol. The van der Waals surface area contributed by atoms with Crippen molar-refractivity contribution in [2.75, 3.05) is 6.54 Å². The predicted octanol–water partition coefficient (Wildman–Crippen LogP) is 5.48. The molecule has 0 atom stereocenters. The van der Waals surface area contributed by atoms with E-state index in [2.05, 4.69) is 12.2 Å². The minimum atomic E-state index is -0.455. The van der Waals surface area contributed by atoms with Crippen molar-refractivity contribution in [2.24, 2.45) is 0 Å². The Labute approximate surface area is 134 Å². The maximum atomic E-state index is 13.4. The second kappa shape index (κ2) is 12.2. The van der Waals surface area contributed by atoms with Crippen LogP contribution < -0.4 is 5.32 Å². The van der Waals surface area contributed by atoms with Crippen LogP contribution in [0.2, 0.25) is 0 Å². The van der Waals surface area contributed by atoms with E-state index in [4.69, 9.17) is 0 Å². The van der Waals surface area contributed by atoms with E-state index in [1.54, 1.807) is 12.1 Å². The summed E-state index contributed by atoms with van der Waals surface area (Å²) in [5.41, 5.74) is 0.134. The Morgan fingerprint density at radius 2 is 1.45 bits per heavy atom. The third-order valence-corrected chi connectivity index (χ3v) is 3.93. The Bertz CT molecular complexity index is 420. The molecule has 0 spiro atoms. The van der Waals surface area contributed by atoms with E-state index in [0.717, 1.165) is 12.8 Å². The van der Waals surface area contributed by atoms with Crippen LogP contribution in [0.1, 0.15) is 81.5 Å². The quantitative estimate of drug-likeness (QED) is 0.509. The highest BCUT2D eigenvalue weighted by Gasteiger charge is 2.09. The molecule has 1 aromatic rings. The van der Waals surface area contributed by atoms with Gasteiger partial charge in [-0.05, 0) is 18.6 Å². The molecule has 0 aliphatic carbocycles. The minimum Gasteiger partial charge on any atom is -0.352 e. The number of amides is 1. The van der Waals surface area contributed by atoms with Gasteiger partial charge in [0, 0.05) is 6.54 Å². The Morgan fingerprint density at radius 1 is 0.909 bits per heavy atom. The molecule has 22 heavy (non-hydrogen) atoms. The topological polar surface area (TPSA) is 29.1 Å². The van der Waals surface area contributed by atoms with Gasteiger partial charge >= 0.3 is 0 Å². The van der Waals surface area contributed by atoms with Crippen molar-refractivity contribution in [2.45, 2.75) is 71.1 Å². The van der Waals surface area contributed by atoms with Crippen LogP contribution in [0.25, 0.3) is 0 Å². The molecule has 0 radical (unpaired) electrons. The van der Waals surface area contributed by atoms with Crippen LogP contribution in [0.5, 0.6) is 0 Å². The van der Waals surface area contributed by atoms with E-state index in [-0.39, 0.29) is 11.5 Å². The first-order valence-corrected chi connectivity index (χ1v) is 8.78. The Kier molecular flexibility index (Phi) is 10.3. The van der Waals surface area contributed by atoms with Crippen molar-refractivity contribution < 1.29 is 9.18 Å². The molecule has 0 aromatic heterocycles. The molecule has 0 heterocycles. The van der Waals surface area contributed by atoms with Crippen LogP contribution in [0.4, 0.5) is 4.39 Å². The van der Waals surface area contributed by atoms with Crippen molar-refractivity contribution in [3.05, 3.63) is 35.6 Å². The van der Waals surface area contributed by atoms with Crippen LogP contribution in [0, 0.1) is 5.82 Å². The molecule has 0 aliphatic heterocycles. The summed E-state index contributed by atoms with van der Waals surface area (Å²) in [6.07, 6.45) is 12.7. The number of carbonyl (C=O) groups excluding carboxylic acids is 1. The number of unbranched alkanes of at least 4 members (excludes halogenated alkanes) is 9. The van der Waals surface area contributed by atoms with E-state index in [0.29, 0.717) is 6.54 Å². The van der Waals surface area contributed by atoms with Gasteiger partial charge in [-0.15, -0.1) is 0 Å². The second-order valence-electron chi connectivity index (χ2n) is 5.92. The van der Waals surface area contributed by atoms with Crippen LogP contribution in [-0.2, 0) is 0 Å². The molecule has 1 amide bonds. The maximum absolute atomic E-state index is 13.4. The third kappa shape index (κ3) is 8.16. The van der Waals surface area contributed by atoms with Gasteiger partial charge in [0.05, 0.1) is 5.56 Å². The number of rotatable bonds is 12. The molecule has 0 bridgehead atoms. The monoisotopic (exact) mass is 307 g/mol. The molecule has 0 fully saturated rings. The van der Waals surface area contributed by atoms with Crippen molar-refractivity contribution in [1.29, 1.82) is 0 Å². The fourth-order valence-electron chi connectivity index (χ4n) is 2.55. The molecule has 0 saturated carbocycles. The molecule has 1 N–H and O–H groups in total. The zero-order valence-corrected chi connectivity index (χ0v) is 13.9. The number of carbonyl (C=O) groups is 1. The van der Waals surface area contributed by atoms with E-state index in [1.807, 2.05) is 0 Å². The molecule has 0 unspecified atom stereocenters. The summed E-state index contributed by atoms with van der Waals surface area (Å²) >= 11 is 0. The largest absolute Gasteiger partial charge is 0.352 e. The van der Waals surface area contributed by atoms with E-state index in [1.165, 1.54) is 63.5 Å². The van der Waals surface area contributed by atoms with Crippen LogP contribution in [0.3, 0.4) is 0 Å². The summed E-state index contributed by atoms with van der Waals surface area (Å²) in [7, 11) is 0. The predicted molar refractivity (Wildman–Crippen MR) is 90.6 cm³/mol. The lowest BCUT2D eigenvalue weighted by molar-refractivity contribution is 0.0949. The fourth-order valence-corrected chi connectivity index (χ4v) is 2.55. The van der Waals surface area contributed by atoms with Crippen LogP contribution in [0.15, 0.2) is 24.3 Å². The molecular formula is C19H30FNO. The van der Waals surface area contributed by atoms with Crippen LogP contribution >= 0.6 is 0 Å². The van der Waals surface area contributed by atoms with Crippen LogP contribution in [-0.4, -0.2) is 12.5 Å². The first kappa shape index (κ1) is 18.7. The van der Waals surface area contributed by atoms with E-state index in [9.17, 15) is 9.18 Å². The average Bonchev–Trinajstić information content (AvgIpc) is 2.53. The second-order valence-corrected chi connectivity index (χ2v) is 5.92. The lowest BCUT2D eigenvalue weighted by Gasteiger charge is -2.06. The van der Waals surface area contributed by atoms with Crippen molar-refractivity contribution in [1.82, 2.24) is 5.32 Å². The molecule has 1 rings (SSSR count). The number of benzene rings is 1. The lowest BCUT2D eigenvalue weighted by atomic mass is 10.1. The molecular weight excluding hydrogens is 277 g/mol. The van der Waals surface area contributed by atoms with Crippen molar-refractivity contribution >= 4 is 5.91 Å². The van der Waals surface area contributed by atoms with E-state index >= 15 is 0 Å². The Hall–Kier alpha value is -1.38. The number of hydrogen-bond acceptors (Lipinski definition) is 1. The molecule has 0 saturated heterocycles. The number of hydrogen-bond donors (Lipinski definition) is 1. The first-order valence-electron chi connectivity index (χ1n) is 8.78. The summed E-state index contributed by atoms with van der Waals surface area (Å²) < 4.78 is 13.4. The number of halogens is 1. The summed E-state index contributed by atoms with van der Waals surface area (Å²) in [4.78, 5) is 11.8. The van der Waals surface area contributed by atoms with E-state index < -0.39 is 5.82 Å². The van der Waals surface area contributed by atoms with Gasteiger partial charge in [0.1, 0.15) is 5.82 Å². The molecule has 1 aromatic carbocycles. The highest BCUT2D eigenvalue weighted by atomic mass is 19.1. The first-order chi connectivity index (χ1) is 10.8. The maximum Gasteiger partial charge on any atom is 0.254 e. The highest BCUT2D eigenvalue weighted by Crippen LogP contribution is 2.10. The standard InChI is InChI=1S/C19H30FNO/c1-2-3-4-5-6-7-8-9-10-13-16-21-19(22)17-14-11-12-15-18(17)20/h11-12,14-15H,2-10,13,16H2,1H3,(H,21,22). The minimum absolute atomic E-state index is 0.134. The zero-order valence-electron chi connectivity index (χ0n) is 13.9. The Morgan fingerprint density at radius 3 is 2.05 bits per heavy atom. The summed E-state index contributed by atoms with van der Waals surface area (Å²) in [6.45, 7) is 2.87. The molecule has 2 nitrogen and oxygen atoms in total. The normalized spacial score (nSPS) is 10.6. The lowest BCUT2D eigenvalue weighted by Crippen LogP contribution is -2.25. The third-order valence-electron chi connectivity index (χ3n) is 3.93. The van der Waals surface area contributed by atoms with Gasteiger partial charge in [-0.1, -0.05) is 76.8 Å². The van der Waals surface area contributed by atoms with Gasteiger partial charge in [0.2, 0.25) is 0 Å². The van der Waals surface area contributed by atoms with Gasteiger partial charge in [-0.2, -0.15) is 0 Å². The van der Waals surface area contributed by atoms with Crippen molar-refractivity contribution in [3.63, 3.8) is 0 Å².